The zero-order chi connectivity index (χ0) is 6.57. The summed E-state index contributed by atoms with van der Waals surface area (Å²) in [5.41, 5.74) is 5.09. The van der Waals surface area contributed by atoms with Crippen LogP contribution in [-0.2, 0) is 4.74 Å². The Morgan fingerprint density at radius 1 is 1.88 bits per heavy atom. The van der Waals surface area contributed by atoms with Crippen LogP contribution >= 0.6 is 11.6 Å². The minimum atomic E-state index is 0.157. The Balaban J connectivity index is 3.79. The highest BCUT2D eigenvalue weighted by atomic mass is 35.5. The lowest BCUT2D eigenvalue weighted by Crippen LogP contribution is -1.93. The lowest BCUT2D eigenvalue weighted by molar-refractivity contribution is 0.352. The zero-order valence-corrected chi connectivity index (χ0v) is 5.40. The van der Waals surface area contributed by atoms with Gasteiger partial charge in [0, 0.05) is 0 Å². The molecule has 46 valence electrons. The molecule has 0 rings (SSSR count). The standard InChI is InChI=1S/C5H8ClNO/c1-3-8-4(2)5(6)7/h3H,1,7H2,2H3/b5-4-. The summed E-state index contributed by atoms with van der Waals surface area (Å²) in [6.07, 6.45) is 1.27. The molecule has 0 saturated heterocycles. The molecular formula is C5H8ClNO. The maximum absolute atomic E-state index is 5.29. The van der Waals surface area contributed by atoms with Gasteiger partial charge in [0.15, 0.2) is 0 Å². The van der Waals surface area contributed by atoms with Crippen molar-refractivity contribution in [2.75, 3.05) is 0 Å². The molecule has 0 unspecified atom stereocenters. The molecule has 0 aromatic carbocycles. The van der Waals surface area contributed by atoms with Crippen molar-refractivity contribution in [1.82, 2.24) is 0 Å². The van der Waals surface area contributed by atoms with Crippen LogP contribution in [0.5, 0.6) is 0 Å². The van der Waals surface area contributed by atoms with Gasteiger partial charge in [-0.15, -0.1) is 0 Å². The summed E-state index contributed by atoms with van der Waals surface area (Å²) < 4.78 is 4.69. The fraction of sp³-hybridized carbons (Fsp3) is 0.200. The Bertz CT molecular complexity index is 116. The highest BCUT2D eigenvalue weighted by Gasteiger charge is 1.89. The van der Waals surface area contributed by atoms with E-state index in [-0.39, 0.29) is 5.16 Å². The molecule has 2 N–H and O–H groups in total. The van der Waals surface area contributed by atoms with E-state index in [1.165, 1.54) is 6.26 Å². The molecule has 0 amide bonds. The quantitative estimate of drug-likeness (QED) is 0.458. The highest BCUT2D eigenvalue weighted by Crippen LogP contribution is 2.02. The molecule has 0 spiro atoms. The number of ether oxygens (including phenoxy) is 1. The summed E-state index contributed by atoms with van der Waals surface area (Å²) in [5.74, 6) is 0.474. The summed E-state index contributed by atoms with van der Waals surface area (Å²) in [6, 6.07) is 0. The molecule has 0 fully saturated rings. The molecule has 3 heteroatoms. The van der Waals surface area contributed by atoms with Gasteiger partial charge in [0.2, 0.25) is 0 Å². The Kier molecular flexibility index (Phi) is 3.12. The zero-order valence-electron chi connectivity index (χ0n) is 4.65. The summed E-state index contributed by atoms with van der Waals surface area (Å²) in [7, 11) is 0. The second-order valence-electron chi connectivity index (χ2n) is 1.19. The first-order valence-corrected chi connectivity index (χ1v) is 2.45. The van der Waals surface area contributed by atoms with E-state index in [0.717, 1.165) is 0 Å². The van der Waals surface area contributed by atoms with Crippen molar-refractivity contribution in [3.05, 3.63) is 23.8 Å². The molecule has 0 aromatic rings. The van der Waals surface area contributed by atoms with Gasteiger partial charge in [0.25, 0.3) is 0 Å². The predicted molar refractivity (Wildman–Crippen MR) is 34.0 cm³/mol. The van der Waals surface area contributed by atoms with Gasteiger partial charge in [-0.2, -0.15) is 0 Å². The fourth-order valence-electron chi connectivity index (χ4n) is 0.181. The molecule has 2 nitrogen and oxygen atoms in total. The van der Waals surface area contributed by atoms with Crippen LogP contribution in [0.2, 0.25) is 0 Å². The van der Waals surface area contributed by atoms with Gasteiger partial charge in [0.1, 0.15) is 10.9 Å². The number of hydrogen-bond acceptors (Lipinski definition) is 2. The van der Waals surface area contributed by atoms with Crippen molar-refractivity contribution in [3.63, 3.8) is 0 Å². The molecule has 0 radical (unpaired) electrons. The third-order valence-corrected chi connectivity index (χ3v) is 0.863. The van der Waals surface area contributed by atoms with Gasteiger partial charge < -0.3 is 10.5 Å². The minimum Gasteiger partial charge on any atom is -0.467 e. The number of nitrogens with two attached hydrogens (primary N) is 1. The maximum Gasteiger partial charge on any atom is 0.138 e. The van der Waals surface area contributed by atoms with Gasteiger partial charge in [0.05, 0.1) is 6.26 Å². The van der Waals surface area contributed by atoms with Gasteiger partial charge in [-0.3, -0.25) is 0 Å². The van der Waals surface area contributed by atoms with Gasteiger partial charge in [-0.05, 0) is 6.92 Å². The van der Waals surface area contributed by atoms with E-state index in [1.807, 2.05) is 0 Å². The fourth-order valence-corrected chi connectivity index (χ4v) is 0.226. The molecule has 0 atom stereocenters. The first-order valence-electron chi connectivity index (χ1n) is 2.08. The second kappa shape index (κ2) is 3.38. The monoisotopic (exact) mass is 133 g/mol. The van der Waals surface area contributed by atoms with E-state index in [4.69, 9.17) is 17.3 Å². The normalized spacial score (nSPS) is 12.2. The van der Waals surface area contributed by atoms with Gasteiger partial charge in [-0.25, -0.2) is 0 Å². The van der Waals surface area contributed by atoms with Crippen LogP contribution < -0.4 is 5.73 Å². The molecule has 0 aromatic heterocycles. The van der Waals surface area contributed by atoms with E-state index in [1.54, 1.807) is 6.92 Å². The molecule has 0 aliphatic heterocycles. The molecule has 0 heterocycles. The smallest absolute Gasteiger partial charge is 0.138 e. The van der Waals surface area contributed by atoms with Crippen LogP contribution in [0.1, 0.15) is 6.92 Å². The first-order chi connectivity index (χ1) is 3.68. The van der Waals surface area contributed by atoms with Gasteiger partial charge in [-0.1, -0.05) is 18.2 Å². The average Bonchev–Trinajstić information content (AvgIpc) is 1.67. The van der Waals surface area contributed by atoms with Crippen LogP contribution in [0.3, 0.4) is 0 Å². The van der Waals surface area contributed by atoms with Crippen LogP contribution in [0.25, 0.3) is 0 Å². The first kappa shape index (κ1) is 7.37. The Hall–Kier alpha value is -0.630. The van der Waals surface area contributed by atoms with E-state index < -0.39 is 0 Å². The third kappa shape index (κ3) is 2.53. The van der Waals surface area contributed by atoms with Crippen LogP contribution in [0, 0.1) is 0 Å². The van der Waals surface area contributed by atoms with Crippen LogP contribution in [0.4, 0.5) is 0 Å². The molecule has 0 saturated carbocycles. The average molecular weight is 134 g/mol. The van der Waals surface area contributed by atoms with Crippen molar-refractivity contribution >= 4 is 11.6 Å². The van der Waals surface area contributed by atoms with Crippen molar-refractivity contribution in [1.29, 1.82) is 0 Å². The lowest BCUT2D eigenvalue weighted by Gasteiger charge is -1.97. The number of allylic oxidation sites excluding steroid dienone is 1. The van der Waals surface area contributed by atoms with E-state index in [2.05, 4.69) is 11.3 Å². The summed E-state index contributed by atoms with van der Waals surface area (Å²) in [6.45, 7) is 4.97. The van der Waals surface area contributed by atoms with Crippen LogP contribution in [0.15, 0.2) is 23.8 Å². The van der Waals surface area contributed by atoms with Gasteiger partial charge >= 0.3 is 0 Å². The van der Waals surface area contributed by atoms with Crippen molar-refractivity contribution in [3.8, 4) is 0 Å². The molecular weight excluding hydrogens is 126 g/mol. The van der Waals surface area contributed by atoms with E-state index in [0.29, 0.717) is 5.76 Å². The number of hydrogen-bond donors (Lipinski definition) is 1. The van der Waals surface area contributed by atoms with E-state index in [9.17, 15) is 0 Å². The molecule has 8 heavy (non-hydrogen) atoms. The van der Waals surface area contributed by atoms with Crippen LogP contribution in [-0.4, -0.2) is 0 Å². The number of rotatable bonds is 2. The predicted octanol–water partition coefficient (Wildman–Crippen LogP) is 1.53. The topological polar surface area (TPSA) is 35.2 Å². The molecule has 0 bridgehead atoms. The van der Waals surface area contributed by atoms with E-state index >= 15 is 0 Å². The minimum absolute atomic E-state index is 0.157. The second-order valence-corrected chi connectivity index (χ2v) is 1.60. The number of halogens is 1. The van der Waals surface area contributed by atoms with Crippen molar-refractivity contribution < 1.29 is 4.74 Å². The Morgan fingerprint density at radius 3 is 2.50 bits per heavy atom. The molecule has 0 aliphatic rings. The third-order valence-electron chi connectivity index (χ3n) is 0.596. The Morgan fingerprint density at radius 2 is 2.38 bits per heavy atom. The Labute approximate surface area is 53.6 Å². The molecule has 0 aliphatic carbocycles. The lowest BCUT2D eigenvalue weighted by atomic mass is 10.6. The summed E-state index contributed by atoms with van der Waals surface area (Å²) in [5, 5.41) is 0.157. The summed E-state index contributed by atoms with van der Waals surface area (Å²) in [4.78, 5) is 0. The van der Waals surface area contributed by atoms with Crippen molar-refractivity contribution in [2.24, 2.45) is 5.73 Å². The maximum atomic E-state index is 5.29. The largest absolute Gasteiger partial charge is 0.467 e. The van der Waals surface area contributed by atoms with Crippen molar-refractivity contribution in [2.45, 2.75) is 6.92 Å². The highest BCUT2D eigenvalue weighted by molar-refractivity contribution is 6.29. The summed E-state index contributed by atoms with van der Waals surface area (Å²) >= 11 is 5.29. The SMILES string of the molecule is C=CO/C(C)=C(\N)Cl.